The summed E-state index contributed by atoms with van der Waals surface area (Å²) in [4.78, 5) is 29.3. The van der Waals surface area contributed by atoms with Gasteiger partial charge >= 0.3 is 27.9 Å². The first kappa shape index (κ1) is 15.6. The summed E-state index contributed by atoms with van der Waals surface area (Å²) in [5, 5.41) is 0. The van der Waals surface area contributed by atoms with Crippen molar-refractivity contribution in [3.63, 3.8) is 0 Å². The van der Waals surface area contributed by atoms with Gasteiger partial charge in [-0.15, -0.1) is 0 Å². The Morgan fingerprint density at radius 1 is 0.857 bits per heavy atom. The zero-order valence-electron chi connectivity index (χ0n) is 3.00. The van der Waals surface area contributed by atoms with Crippen LogP contribution in [0.3, 0.4) is 0 Å². The van der Waals surface area contributed by atoms with Crippen molar-refractivity contribution in [2.45, 2.75) is 0 Å². The van der Waals surface area contributed by atoms with Gasteiger partial charge in [0.05, 0.1) is 0 Å². The number of rotatable bonds is 0. The molecule has 0 aromatic carbocycles. The Labute approximate surface area is 53.9 Å². The van der Waals surface area contributed by atoms with Gasteiger partial charge < -0.3 is 25.3 Å². The second kappa shape index (κ2) is 4.77. The molecule has 0 fully saturated rings. The van der Waals surface area contributed by atoms with Gasteiger partial charge in [-0.2, -0.15) is 0 Å². The summed E-state index contributed by atoms with van der Waals surface area (Å²) in [7, 11) is -4.61. The van der Waals surface area contributed by atoms with Crippen LogP contribution in [0.25, 0.3) is 0 Å². The zero-order valence-corrected chi connectivity index (χ0v) is 4.00. The molecule has 0 rings (SSSR count). The summed E-state index contributed by atoms with van der Waals surface area (Å²) in [5.41, 5.74) is 0. The van der Waals surface area contributed by atoms with Crippen molar-refractivity contribution in [3.05, 3.63) is 0 Å². The van der Waals surface area contributed by atoms with Crippen LogP contribution in [0.5, 0.6) is 0 Å². The Bertz CT molecular complexity index is 27.2. The van der Waals surface area contributed by atoms with E-state index < -0.39 is 9.05 Å². The fourth-order valence-corrected chi connectivity index (χ4v) is 0. The molecule has 42 valence electrons. The topological polar surface area (TPSA) is 116 Å². The molecule has 0 saturated heterocycles. The minimum absolute atomic E-state index is 0. The van der Waals surface area contributed by atoms with E-state index in [1.54, 1.807) is 0 Å². The van der Waals surface area contributed by atoms with E-state index in [1.165, 1.54) is 0 Å². The molecule has 7 N–H and O–H groups in total. The second-order valence-electron chi connectivity index (χ2n) is 0.600. The van der Waals surface area contributed by atoms with E-state index in [0.29, 0.717) is 0 Å². The molecule has 0 aliphatic rings. The van der Waals surface area contributed by atoms with Crippen molar-refractivity contribution >= 4 is 27.9 Å². The van der Waals surface area contributed by atoms with Gasteiger partial charge in [-0.1, -0.05) is 0 Å². The third-order valence-corrected chi connectivity index (χ3v) is 0. The van der Waals surface area contributed by atoms with Crippen molar-refractivity contribution in [2.75, 3.05) is 0 Å². The fourth-order valence-electron chi connectivity index (χ4n) is 0. The minimum atomic E-state index is -4.61. The van der Waals surface area contributed by atoms with Crippen LogP contribution in [-0.4, -0.2) is 47.1 Å². The maximum absolute atomic E-state index is 7.33. The van der Waals surface area contributed by atoms with E-state index >= 15 is 0 Å². The Kier molecular flexibility index (Phi) is 10.7. The molecule has 0 unspecified atom stereocenters. The third kappa shape index (κ3) is 373. The summed E-state index contributed by atoms with van der Waals surface area (Å²) >= 11 is 0. The van der Waals surface area contributed by atoms with Crippen molar-refractivity contribution in [1.82, 2.24) is 6.15 Å². The average Bonchev–Trinajstić information content (AvgIpc) is 0.722. The third-order valence-electron chi connectivity index (χ3n) is 0. The molecular formula is H8LiNO4Si. The molecule has 0 aliphatic carbocycles. The van der Waals surface area contributed by atoms with Crippen LogP contribution in [-0.2, 0) is 0 Å². The molecule has 0 aromatic rings. The van der Waals surface area contributed by atoms with Gasteiger partial charge in [-0.25, -0.2) is 0 Å². The molecule has 0 amide bonds. The van der Waals surface area contributed by atoms with E-state index in [2.05, 4.69) is 0 Å². The summed E-state index contributed by atoms with van der Waals surface area (Å²) < 4.78 is 0. The molecule has 0 saturated carbocycles. The summed E-state index contributed by atoms with van der Waals surface area (Å²) in [5.74, 6) is 0. The van der Waals surface area contributed by atoms with E-state index in [4.69, 9.17) is 19.2 Å². The predicted octanol–water partition coefficient (Wildman–Crippen LogP) is -3.10. The molecule has 5 nitrogen and oxygen atoms in total. The van der Waals surface area contributed by atoms with Gasteiger partial charge in [0.15, 0.2) is 0 Å². The quantitative estimate of drug-likeness (QED) is 0.218. The van der Waals surface area contributed by atoms with E-state index in [9.17, 15) is 0 Å². The van der Waals surface area contributed by atoms with Crippen molar-refractivity contribution in [3.8, 4) is 0 Å². The Morgan fingerprint density at radius 3 is 0.857 bits per heavy atom. The van der Waals surface area contributed by atoms with Crippen LogP contribution in [0.1, 0.15) is 0 Å². The molecule has 0 aliphatic heterocycles. The maximum atomic E-state index is 7.33. The van der Waals surface area contributed by atoms with Gasteiger partial charge in [0.1, 0.15) is 0 Å². The SMILES string of the molecule is N.O[Si](O)(O)O.[LiH]. The molecule has 0 heterocycles. The first-order valence-corrected chi connectivity index (χ1v) is 2.68. The van der Waals surface area contributed by atoms with Crippen LogP contribution >= 0.6 is 0 Å². The molecule has 0 atom stereocenters. The van der Waals surface area contributed by atoms with Crippen molar-refractivity contribution < 1.29 is 19.2 Å². The standard InChI is InChI=1S/Li.H3N.H4O4Si.H/c;;1-5(2,3)4;/h;1H3;1-4H;. The van der Waals surface area contributed by atoms with E-state index in [-0.39, 0.29) is 25.0 Å². The van der Waals surface area contributed by atoms with Crippen LogP contribution in [0.2, 0.25) is 0 Å². The number of hydrogen-bond acceptors (Lipinski definition) is 5. The second-order valence-corrected chi connectivity index (χ2v) is 1.80. The van der Waals surface area contributed by atoms with Gasteiger partial charge in [0, 0.05) is 0 Å². The molecule has 7 heteroatoms. The monoisotopic (exact) mass is 121 g/mol. The first-order chi connectivity index (χ1) is 2.00. The summed E-state index contributed by atoms with van der Waals surface area (Å²) in [6, 6.07) is 0. The molecule has 0 radical (unpaired) electrons. The van der Waals surface area contributed by atoms with Gasteiger partial charge in [-0.3, -0.25) is 0 Å². The van der Waals surface area contributed by atoms with Crippen LogP contribution in [0, 0.1) is 0 Å². The molecule has 0 spiro atoms. The van der Waals surface area contributed by atoms with E-state index in [0.717, 1.165) is 0 Å². The summed E-state index contributed by atoms with van der Waals surface area (Å²) in [6.45, 7) is 0. The fraction of sp³-hybridized carbons (Fsp3) is 0. The normalized spacial score (nSPS) is 8.57. The average molecular weight is 121 g/mol. The predicted molar refractivity (Wildman–Crippen MR) is 26.8 cm³/mol. The Morgan fingerprint density at radius 2 is 0.857 bits per heavy atom. The van der Waals surface area contributed by atoms with Crippen LogP contribution in [0.15, 0.2) is 0 Å². The Balaban J connectivity index is -0.0000000800. The molecule has 7 heavy (non-hydrogen) atoms. The van der Waals surface area contributed by atoms with Gasteiger partial charge in [-0.05, 0) is 0 Å². The molecule has 0 bridgehead atoms. The van der Waals surface area contributed by atoms with Gasteiger partial charge in [0.25, 0.3) is 0 Å². The Hall–Kier alpha value is 0.614. The summed E-state index contributed by atoms with van der Waals surface area (Å²) in [6.07, 6.45) is 0. The van der Waals surface area contributed by atoms with Crippen LogP contribution in [0.4, 0.5) is 0 Å². The zero-order chi connectivity index (χ0) is 4.50. The van der Waals surface area contributed by atoms with Crippen LogP contribution < -0.4 is 6.15 Å². The van der Waals surface area contributed by atoms with E-state index in [1.807, 2.05) is 0 Å². The van der Waals surface area contributed by atoms with Gasteiger partial charge in [0.2, 0.25) is 0 Å². The van der Waals surface area contributed by atoms with Crippen molar-refractivity contribution in [2.24, 2.45) is 0 Å². The molecular weight excluding hydrogens is 113 g/mol. The molecule has 0 aromatic heterocycles. The van der Waals surface area contributed by atoms with Crippen molar-refractivity contribution in [1.29, 1.82) is 0 Å². The number of hydrogen-bond donors (Lipinski definition) is 5. The first-order valence-electron chi connectivity index (χ1n) is 0.894.